The molecule has 0 fully saturated rings. The van der Waals surface area contributed by atoms with Crippen LogP contribution >= 0.6 is 33.9 Å². The summed E-state index contributed by atoms with van der Waals surface area (Å²) in [4.78, 5) is 12.9. The molecule has 2 rings (SSSR count). The largest absolute Gasteiger partial charge is 0.347 e. The Morgan fingerprint density at radius 3 is 2.88 bits per heavy atom. The summed E-state index contributed by atoms with van der Waals surface area (Å²) < 4.78 is 1.07. The van der Waals surface area contributed by atoms with Crippen molar-refractivity contribution in [1.82, 2.24) is 5.32 Å². The number of carbonyl (C=O) groups is 1. The highest BCUT2D eigenvalue weighted by Gasteiger charge is 2.05. The van der Waals surface area contributed by atoms with E-state index < -0.39 is 0 Å². The third kappa shape index (κ3) is 3.05. The van der Waals surface area contributed by atoms with Crippen LogP contribution in [-0.2, 0) is 6.54 Å². The lowest BCUT2D eigenvalue weighted by molar-refractivity contribution is 0.0951. The van der Waals surface area contributed by atoms with E-state index in [9.17, 15) is 4.79 Å². The van der Waals surface area contributed by atoms with Gasteiger partial charge >= 0.3 is 0 Å². The van der Waals surface area contributed by atoms with E-state index in [-0.39, 0.29) is 5.91 Å². The van der Waals surface area contributed by atoms with Crippen LogP contribution in [0, 0.1) is 3.57 Å². The number of hydrogen-bond acceptors (Lipinski definition) is 2. The Bertz CT molecular complexity index is 482. The van der Waals surface area contributed by atoms with Crippen LogP contribution in [0.25, 0.3) is 0 Å². The lowest BCUT2D eigenvalue weighted by atomic mass is 10.2. The average molecular weight is 343 g/mol. The van der Waals surface area contributed by atoms with Gasteiger partial charge < -0.3 is 5.32 Å². The van der Waals surface area contributed by atoms with Gasteiger partial charge in [-0.05, 0) is 52.2 Å². The molecule has 0 saturated carbocycles. The first-order chi connectivity index (χ1) is 7.75. The van der Waals surface area contributed by atoms with E-state index in [4.69, 9.17) is 0 Å². The molecule has 0 atom stereocenters. The van der Waals surface area contributed by atoms with Crippen molar-refractivity contribution in [3.05, 3.63) is 55.8 Å². The highest BCUT2D eigenvalue weighted by Crippen LogP contribution is 2.10. The second-order valence-electron chi connectivity index (χ2n) is 3.27. The minimum absolute atomic E-state index is 0.0214. The minimum Gasteiger partial charge on any atom is -0.347 e. The Balaban J connectivity index is 1.98. The smallest absolute Gasteiger partial charge is 0.251 e. The lowest BCUT2D eigenvalue weighted by Gasteiger charge is -2.03. The van der Waals surface area contributed by atoms with E-state index in [2.05, 4.69) is 27.9 Å². The summed E-state index contributed by atoms with van der Waals surface area (Å²) in [6.07, 6.45) is 0. The standard InChI is InChI=1S/C12H10INOS/c13-10-4-1-3-9(7-10)12(15)14-8-11-5-2-6-16-11/h1-7H,8H2,(H,14,15). The van der Waals surface area contributed by atoms with Crippen LogP contribution in [0.4, 0.5) is 0 Å². The molecule has 0 aliphatic rings. The van der Waals surface area contributed by atoms with Crippen LogP contribution < -0.4 is 5.32 Å². The summed E-state index contributed by atoms with van der Waals surface area (Å²) in [5.74, 6) is -0.0214. The predicted molar refractivity (Wildman–Crippen MR) is 74.6 cm³/mol. The quantitative estimate of drug-likeness (QED) is 0.852. The fraction of sp³-hybridized carbons (Fsp3) is 0.0833. The van der Waals surface area contributed by atoms with Crippen molar-refractivity contribution in [3.8, 4) is 0 Å². The van der Waals surface area contributed by atoms with Gasteiger partial charge in [0.15, 0.2) is 0 Å². The lowest BCUT2D eigenvalue weighted by Crippen LogP contribution is -2.22. The first-order valence-electron chi connectivity index (χ1n) is 4.82. The fourth-order valence-corrected chi connectivity index (χ4v) is 2.50. The van der Waals surface area contributed by atoms with Gasteiger partial charge in [-0.15, -0.1) is 11.3 Å². The third-order valence-corrected chi connectivity index (χ3v) is 3.64. The van der Waals surface area contributed by atoms with E-state index in [1.165, 1.54) is 4.88 Å². The summed E-state index contributed by atoms with van der Waals surface area (Å²) in [5.41, 5.74) is 0.712. The van der Waals surface area contributed by atoms with Gasteiger partial charge in [-0.2, -0.15) is 0 Å². The summed E-state index contributed by atoms with van der Waals surface area (Å²) in [6, 6.07) is 11.6. The summed E-state index contributed by atoms with van der Waals surface area (Å²) in [5, 5.41) is 4.90. The van der Waals surface area contributed by atoms with Crippen LogP contribution in [0.3, 0.4) is 0 Å². The number of benzene rings is 1. The molecule has 0 spiro atoms. The third-order valence-electron chi connectivity index (χ3n) is 2.09. The number of carbonyl (C=O) groups excluding carboxylic acids is 1. The molecule has 2 nitrogen and oxygen atoms in total. The predicted octanol–water partition coefficient (Wildman–Crippen LogP) is 3.28. The maximum absolute atomic E-state index is 11.8. The van der Waals surface area contributed by atoms with E-state index in [0.29, 0.717) is 12.1 Å². The number of hydrogen-bond donors (Lipinski definition) is 1. The summed E-state index contributed by atoms with van der Waals surface area (Å²) in [6.45, 7) is 0.599. The van der Waals surface area contributed by atoms with E-state index in [1.54, 1.807) is 11.3 Å². The first kappa shape index (κ1) is 11.6. The topological polar surface area (TPSA) is 29.1 Å². The van der Waals surface area contributed by atoms with Crippen molar-refractivity contribution >= 4 is 39.8 Å². The number of amides is 1. The molecule has 1 heterocycles. The van der Waals surface area contributed by atoms with E-state index >= 15 is 0 Å². The molecule has 82 valence electrons. The number of nitrogens with one attached hydrogen (secondary N) is 1. The van der Waals surface area contributed by atoms with Gasteiger partial charge in [-0.3, -0.25) is 4.79 Å². The van der Waals surface area contributed by atoms with Gasteiger partial charge in [0.05, 0.1) is 6.54 Å². The molecule has 1 amide bonds. The SMILES string of the molecule is O=C(NCc1cccs1)c1cccc(I)c1. The van der Waals surface area contributed by atoms with Gasteiger partial charge in [0.1, 0.15) is 0 Å². The monoisotopic (exact) mass is 343 g/mol. The number of halogens is 1. The zero-order chi connectivity index (χ0) is 11.4. The molecule has 1 N–H and O–H groups in total. The summed E-state index contributed by atoms with van der Waals surface area (Å²) >= 11 is 3.85. The molecule has 1 aromatic carbocycles. The average Bonchev–Trinajstić information content (AvgIpc) is 2.78. The van der Waals surface area contributed by atoms with Crippen molar-refractivity contribution in [1.29, 1.82) is 0 Å². The van der Waals surface area contributed by atoms with Gasteiger partial charge in [0, 0.05) is 14.0 Å². The van der Waals surface area contributed by atoms with Gasteiger partial charge in [-0.25, -0.2) is 0 Å². The Kier molecular flexibility index (Phi) is 3.95. The molecular formula is C12H10INOS. The first-order valence-corrected chi connectivity index (χ1v) is 6.78. The molecule has 0 radical (unpaired) electrons. The molecule has 0 unspecified atom stereocenters. The second-order valence-corrected chi connectivity index (χ2v) is 5.55. The van der Waals surface area contributed by atoms with Crippen LogP contribution in [0.5, 0.6) is 0 Å². The maximum atomic E-state index is 11.8. The highest BCUT2D eigenvalue weighted by atomic mass is 127. The Morgan fingerprint density at radius 1 is 1.31 bits per heavy atom. The normalized spacial score (nSPS) is 10.1. The molecule has 2 aromatic rings. The van der Waals surface area contributed by atoms with Crippen molar-refractivity contribution in [2.75, 3.05) is 0 Å². The van der Waals surface area contributed by atoms with Crippen molar-refractivity contribution in [2.24, 2.45) is 0 Å². The van der Waals surface area contributed by atoms with Crippen molar-refractivity contribution < 1.29 is 4.79 Å². The second kappa shape index (κ2) is 5.45. The van der Waals surface area contributed by atoms with Crippen LogP contribution in [0.1, 0.15) is 15.2 Å². The van der Waals surface area contributed by atoms with Crippen LogP contribution in [-0.4, -0.2) is 5.91 Å². The zero-order valence-electron chi connectivity index (χ0n) is 8.44. The van der Waals surface area contributed by atoms with Crippen molar-refractivity contribution in [3.63, 3.8) is 0 Å². The molecule has 0 bridgehead atoms. The minimum atomic E-state index is -0.0214. The highest BCUT2D eigenvalue weighted by molar-refractivity contribution is 14.1. The Hall–Kier alpha value is -0.880. The van der Waals surface area contributed by atoms with E-state index in [1.807, 2.05) is 41.8 Å². The number of rotatable bonds is 3. The molecule has 16 heavy (non-hydrogen) atoms. The molecule has 0 aliphatic heterocycles. The Labute approximate surface area is 112 Å². The molecule has 1 aromatic heterocycles. The van der Waals surface area contributed by atoms with Crippen LogP contribution in [0.15, 0.2) is 41.8 Å². The van der Waals surface area contributed by atoms with Gasteiger partial charge in [0.25, 0.3) is 5.91 Å². The Morgan fingerprint density at radius 2 is 2.19 bits per heavy atom. The number of thiophene rings is 1. The van der Waals surface area contributed by atoms with Crippen LogP contribution in [0.2, 0.25) is 0 Å². The van der Waals surface area contributed by atoms with Crippen molar-refractivity contribution in [2.45, 2.75) is 6.54 Å². The summed E-state index contributed by atoms with van der Waals surface area (Å²) in [7, 11) is 0. The van der Waals surface area contributed by atoms with Gasteiger partial charge in [0.2, 0.25) is 0 Å². The van der Waals surface area contributed by atoms with E-state index in [0.717, 1.165) is 3.57 Å². The molecule has 4 heteroatoms. The molecular weight excluding hydrogens is 333 g/mol. The maximum Gasteiger partial charge on any atom is 0.251 e. The zero-order valence-corrected chi connectivity index (χ0v) is 11.4. The van der Waals surface area contributed by atoms with Gasteiger partial charge in [-0.1, -0.05) is 12.1 Å². The molecule has 0 saturated heterocycles. The fourth-order valence-electron chi connectivity index (χ4n) is 1.31. The molecule has 0 aliphatic carbocycles.